The average Bonchev–Trinajstić information content (AvgIpc) is 2.95. The van der Waals surface area contributed by atoms with Crippen LogP contribution in [0.5, 0.6) is 0 Å². The Kier molecular flexibility index (Phi) is 5.08. The van der Waals surface area contributed by atoms with E-state index >= 15 is 0 Å². The maximum Gasteiger partial charge on any atom is 0.244 e. The van der Waals surface area contributed by atoms with E-state index in [1.807, 2.05) is 13.8 Å². The molecular formula is C14H25N3O3S. The molecule has 0 aromatic carbocycles. The van der Waals surface area contributed by atoms with Crippen LogP contribution in [-0.2, 0) is 21.3 Å². The molecule has 1 aliphatic heterocycles. The van der Waals surface area contributed by atoms with E-state index in [1.54, 1.807) is 19.4 Å². The summed E-state index contributed by atoms with van der Waals surface area (Å²) in [6, 6.07) is 1.71. The molecule has 1 aromatic rings. The lowest BCUT2D eigenvalue weighted by Gasteiger charge is -2.38. The number of hydrogen-bond acceptors (Lipinski definition) is 4. The largest absolute Gasteiger partial charge is 0.377 e. The smallest absolute Gasteiger partial charge is 0.244 e. The van der Waals surface area contributed by atoms with Gasteiger partial charge in [0.1, 0.15) is 0 Å². The van der Waals surface area contributed by atoms with Crippen molar-refractivity contribution in [2.24, 2.45) is 0 Å². The Morgan fingerprint density at radius 3 is 2.95 bits per heavy atom. The Labute approximate surface area is 126 Å². The van der Waals surface area contributed by atoms with Crippen LogP contribution in [0.1, 0.15) is 32.4 Å². The Morgan fingerprint density at radius 1 is 1.52 bits per heavy atom. The molecule has 0 spiro atoms. The molecule has 0 radical (unpaired) electrons. The number of nitrogens with one attached hydrogen (secondary N) is 2. The van der Waals surface area contributed by atoms with Gasteiger partial charge in [-0.05, 0) is 32.4 Å². The average molecular weight is 315 g/mol. The number of aromatic nitrogens is 1. The van der Waals surface area contributed by atoms with Gasteiger partial charge in [-0.3, -0.25) is 0 Å². The molecule has 1 aliphatic rings. The van der Waals surface area contributed by atoms with Gasteiger partial charge in [0.25, 0.3) is 0 Å². The van der Waals surface area contributed by atoms with Gasteiger partial charge in [0.15, 0.2) is 0 Å². The fourth-order valence-electron chi connectivity index (χ4n) is 2.61. The zero-order valence-corrected chi connectivity index (χ0v) is 13.8. The Balaban J connectivity index is 2.15. The number of ether oxygens (including phenoxy) is 1. The predicted octanol–water partition coefficient (Wildman–Crippen LogP) is 1.31. The normalized spacial score (nSPS) is 24.3. The molecule has 1 aromatic heterocycles. The number of hydrogen-bond donors (Lipinski definition) is 2. The number of H-pyrrole nitrogens is 1. The van der Waals surface area contributed by atoms with Crippen LogP contribution in [-0.4, -0.2) is 50.1 Å². The van der Waals surface area contributed by atoms with Gasteiger partial charge in [0.05, 0.1) is 10.5 Å². The van der Waals surface area contributed by atoms with Crippen molar-refractivity contribution < 1.29 is 13.2 Å². The van der Waals surface area contributed by atoms with Crippen LogP contribution in [0, 0.1) is 0 Å². The van der Waals surface area contributed by atoms with E-state index in [4.69, 9.17) is 4.74 Å². The van der Waals surface area contributed by atoms with E-state index in [0.717, 1.165) is 25.1 Å². The summed E-state index contributed by atoms with van der Waals surface area (Å²) in [7, 11) is -1.81. The van der Waals surface area contributed by atoms with Crippen LogP contribution in [0.2, 0.25) is 0 Å². The monoisotopic (exact) mass is 315 g/mol. The standard InChI is InChI=1S/C14H25N3O3S/c1-4-15-9-12-8-13(10-16-12)21(18,19)17-7-5-6-14(2,11-17)20-3/h8,10,15-16H,4-7,9,11H2,1-3H3. The van der Waals surface area contributed by atoms with E-state index in [1.165, 1.54) is 4.31 Å². The molecule has 0 amide bonds. The number of piperidine rings is 1. The third-order valence-electron chi connectivity index (χ3n) is 4.04. The van der Waals surface area contributed by atoms with Gasteiger partial charge in [-0.25, -0.2) is 8.42 Å². The first-order chi connectivity index (χ1) is 9.91. The summed E-state index contributed by atoms with van der Waals surface area (Å²) in [4.78, 5) is 3.35. The summed E-state index contributed by atoms with van der Waals surface area (Å²) in [5.41, 5.74) is 0.482. The molecule has 0 aliphatic carbocycles. The van der Waals surface area contributed by atoms with Crippen LogP contribution in [0.25, 0.3) is 0 Å². The third kappa shape index (κ3) is 3.66. The maximum absolute atomic E-state index is 12.7. The highest BCUT2D eigenvalue weighted by Crippen LogP contribution is 2.28. The molecule has 0 saturated carbocycles. The molecule has 1 unspecified atom stereocenters. The van der Waals surface area contributed by atoms with Gasteiger partial charge in [-0.15, -0.1) is 0 Å². The number of methoxy groups -OCH3 is 1. The summed E-state index contributed by atoms with van der Waals surface area (Å²) in [5.74, 6) is 0. The van der Waals surface area contributed by atoms with E-state index in [2.05, 4.69) is 10.3 Å². The summed E-state index contributed by atoms with van der Waals surface area (Å²) in [5, 5.41) is 3.17. The summed E-state index contributed by atoms with van der Waals surface area (Å²) >= 11 is 0. The second kappa shape index (κ2) is 6.48. The molecule has 21 heavy (non-hydrogen) atoms. The van der Waals surface area contributed by atoms with Gasteiger partial charge in [-0.2, -0.15) is 4.31 Å². The van der Waals surface area contributed by atoms with Gasteiger partial charge in [-0.1, -0.05) is 6.92 Å². The molecule has 7 heteroatoms. The SMILES string of the molecule is CCNCc1cc(S(=O)(=O)N2CCCC(C)(OC)C2)c[nH]1. The van der Waals surface area contributed by atoms with Crippen LogP contribution in [0.3, 0.4) is 0 Å². The van der Waals surface area contributed by atoms with Crippen molar-refractivity contribution in [1.82, 2.24) is 14.6 Å². The minimum atomic E-state index is -3.45. The van der Waals surface area contributed by atoms with Crippen LogP contribution in [0.4, 0.5) is 0 Å². The Hall–Kier alpha value is -0.890. The van der Waals surface area contributed by atoms with Gasteiger partial charge in [0.2, 0.25) is 10.0 Å². The van der Waals surface area contributed by atoms with E-state index in [0.29, 0.717) is 24.5 Å². The molecule has 1 fully saturated rings. The molecule has 1 saturated heterocycles. The molecule has 2 rings (SSSR count). The fourth-order valence-corrected chi connectivity index (χ4v) is 4.22. The lowest BCUT2D eigenvalue weighted by molar-refractivity contribution is -0.0319. The Bertz CT molecular complexity index is 570. The van der Waals surface area contributed by atoms with Crippen molar-refractivity contribution in [2.45, 2.75) is 43.7 Å². The zero-order chi connectivity index (χ0) is 15.5. The van der Waals surface area contributed by atoms with Crippen molar-refractivity contribution in [2.75, 3.05) is 26.7 Å². The lowest BCUT2D eigenvalue weighted by Crippen LogP contribution is -2.49. The highest BCUT2D eigenvalue weighted by Gasteiger charge is 2.37. The number of sulfonamides is 1. The van der Waals surface area contributed by atoms with Crippen LogP contribution in [0.15, 0.2) is 17.2 Å². The summed E-state index contributed by atoms with van der Waals surface area (Å²) in [6.07, 6.45) is 3.27. The minimum Gasteiger partial charge on any atom is -0.377 e. The summed E-state index contributed by atoms with van der Waals surface area (Å²) < 4.78 is 32.4. The molecule has 120 valence electrons. The highest BCUT2D eigenvalue weighted by molar-refractivity contribution is 7.89. The highest BCUT2D eigenvalue weighted by atomic mass is 32.2. The summed E-state index contributed by atoms with van der Waals surface area (Å²) in [6.45, 7) is 6.41. The molecule has 2 N–H and O–H groups in total. The number of nitrogens with zero attached hydrogens (tertiary/aromatic N) is 1. The predicted molar refractivity (Wildman–Crippen MR) is 81.6 cm³/mol. The lowest BCUT2D eigenvalue weighted by atomic mass is 9.96. The first-order valence-corrected chi connectivity index (χ1v) is 8.78. The second-order valence-electron chi connectivity index (χ2n) is 5.74. The molecule has 1 atom stereocenters. The van der Waals surface area contributed by atoms with Gasteiger partial charge in [0, 0.05) is 38.6 Å². The third-order valence-corrected chi connectivity index (χ3v) is 5.86. The van der Waals surface area contributed by atoms with Crippen molar-refractivity contribution in [3.05, 3.63) is 18.0 Å². The fraction of sp³-hybridized carbons (Fsp3) is 0.714. The minimum absolute atomic E-state index is 0.329. The van der Waals surface area contributed by atoms with E-state index < -0.39 is 15.6 Å². The van der Waals surface area contributed by atoms with Crippen molar-refractivity contribution in [3.8, 4) is 0 Å². The second-order valence-corrected chi connectivity index (χ2v) is 7.68. The molecule has 2 heterocycles. The molecule has 6 nitrogen and oxygen atoms in total. The van der Waals surface area contributed by atoms with Crippen molar-refractivity contribution in [3.63, 3.8) is 0 Å². The maximum atomic E-state index is 12.7. The van der Waals surface area contributed by atoms with E-state index in [9.17, 15) is 8.42 Å². The van der Waals surface area contributed by atoms with E-state index in [-0.39, 0.29) is 0 Å². The Morgan fingerprint density at radius 2 is 2.29 bits per heavy atom. The first-order valence-electron chi connectivity index (χ1n) is 7.34. The number of rotatable bonds is 6. The number of aromatic amines is 1. The topological polar surface area (TPSA) is 74.4 Å². The van der Waals surface area contributed by atoms with Crippen LogP contribution >= 0.6 is 0 Å². The molecular weight excluding hydrogens is 290 g/mol. The first kappa shape index (κ1) is 16.5. The molecule has 0 bridgehead atoms. The quantitative estimate of drug-likeness (QED) is 0.830. The van der Waals surface area contributed by atoms with Crippen molar-refractivity contribution >= 4 is 10.0 Å². The van der Waals surface area contributed by atoms with Crippen molar-refractivity contribution in [1.29, 1.82) is 0 Å². The van der Waals surface area contributed by atoms with Gasteiger partial charge < -0.3 is 15.0 Å². The van der Waals surface area contributed by atoms with Crippen LogP contribution < -0.4 is 5.32 Å². The zero-order valence-electron chi connectivity index (χ0n) is 13.0. The van der Waals surface area contributed by atoms with Gasteiger partial charge >= 0.3 is 0 Å².